The van der Waals surface area contributed by atoms with Gasteiger partial charge in [-0.15, -0.1) is 0 Å². The van der Waals surface area contributed by atoms with Gasteiger partial charge in [0.15, 0.2) is 0 Å². The van der Waals surface area contributed by atoms with E-state index in [1.807, 2.05) is 36.4 Å². The second-order valence-corrected chi connectivity index (χ2v) is 9.01. The molecule has 3 aromatic carbocycles. The summed E-state index contributed by atoms with van der Waals surface area (Å²) in [5, 5.41) is 18.4. The van der Waals surface area contributed by atoms with Gasteiger partial charge in [0, 0.05) is 48.9 Å². The van der Waals surface area contributed by atoms with Crippen LogP contribution in [0.1, 0.15) is 24.0 Å². The summed E-state index contributed by atoms with van der Waals surface area (Å²) in [6.45, 7) is 2.45. The lowest BCUT2D eigenvalue weighted by Crippen LogP contribution is -2.34. The van der Waals surface area contributed by atoms with Crippen LogP contribution in [0.2, 0.25) is 0 Å². The predicted octanol–water partition coefficient (Wildman–Crippen LogP) is 5.09. The minimum Gasteiger partial charge on any atom is -0.496 e. The van der Waals surface area contributed by atoms with Gasteiger partial charge in [-0.1, -0.05) is 12.1 Å². The molecule has 0 radical (unpaired) electrons. The SMILES string of the molecule is COc1cc2ncnc(Nc3ccc(NCc4ccc(F)cc4)cc3)c2cc1CC(O)N1CCCC1. The molecule has 36 heavy (non-hydrogen) atoms. The number of aromatic nitrogens is 2. The van der Waals surface area contributed by atoms with E-state index in [2.05, 4.69) is 25.5 Å². The number of aliphatic hydroxyl groups excluding tert-OH is 1. The highest BCUT2D eigenvalue weighted by Gasteiger charge is 2.22. The number of ether oxygens (including phenoxy) is 1. The zero-order valence-electron chi connectivity index (χ0n) is 20.2. The van der Waals surface area contributed by atoms with Crippen molar-refractivity contribution in [2.75, 3.05) is 30.8 Å². The van der Waals surface area contributed by atoms with Crippen LogP contribution in [0.5, 0.6) is 5.75 Å². The first-order chi connectivity index (χ1) is 17.6. The molecule has 5 rings (SSSR count). The van der Waals surface area contributed by atoms with E-state index in [0.29, 0.717) is 24.5 Å². The molecular formula is C28H30FN5O2. The highest BCUT2D eigenvalue weighted by atomic mass is 19.1. The summed E-state index contributed by atoms with van der Waals surface area (Å²) >= 11 is 0. The number of rotatable bonds is 9. The van der Waals surface area contributed by atoms with Gasteiger partial charge in [0.05, 0.1) is 12.6 Å². The molecular weight excluding hydrogens is 457 g/mol. The van der Waals surface area contributed by atoms with E-state index in [-0.39, 0.29) is 5.82 Å². The Labute approximate surface area is 210 Å². The van der Waals surface area contributed by atoms with Gasteiger partial charge in [-0.05, 0) is 66.4 Å². The van der Waals surface area contributed by atoms with E-state index >= 15 is 0 Å². The van der Waals surface area contributed by atoms with E-state index in [1.54, 1.807) is 19.2 Å². The fourth-order valence-electron chi connectivity index (χ4n) is 4.56. The number of fused-ring (bicyclic) bond motifs is 1. The predicted molar refractivity (Wildman–Crippen MR) is 140 cm³/mol. The quantitative estimate of drug-likeness (QED) is 0.303. The third-order valence-corrected chi connectivity index (χ3v) is 6.56. The first-order valence-electron chi connectivity index (χ1n) is 12.2. The number of anilines is 3. The van der Waals surface area contributed by atoms with E-state index in [1.165, 1.54) is 18.5 Å². The molecule has 0 aliphatic carbocycles. The van der Waals surface area contributed by atoms with Crippen molar-refractivity contribution in [1.82, 2.24) is 14.9 Å². The van der Waals surface area contributed by atoms with E-state index in [0.717, 1.165) is 59.3 Å². The monoisotopic (exact) mass is 487 g/mol. The lowest BCUT2D eigenvalue weighted by molar-refractivity contribution is 0.0209. The molecule has 1 aliphatic rings. The number of methoxy groups -OCH3 is 1. The Morgan fingerprint density at radius 3 is 2.44 bits per heavy atom. The largest absolute Gasteiger partial charge is 0.496 e. The van der Waals surface area contributed by atoms with Gasteiger partial charge in [0.25, 0.3) is 0 Å². The summed E-state index contributed by atoms with van der Waals surface area (Å²) in [6.07, 6.45) is 3.70. The molecule has 1 fully saturated rings. The molecule has 0 saturated carbocycles. The number of nitrogens with zero attached hydrogens (tertiary/aromatic N) is 3. The Morgan fingerprint density at radius 1 is 1.00 bits per heavy atom. The Morgan fingerprint density at radius 2 is 1.72 bits per heavy atom. The van der Waals surface area contributed by atoms with Crippen molar-refractivity contribution in [3.8, 4) is 5.75 Å². The minimum atomic E-state index is -0.546. The van der Waals surface area contributed by atoms with Gasteiger partial charge in [-0.3, -0.25) is 4.90 Å². The van der Waals surface area contributed by atoms with Crippen molar-refractivity contribution in [3.05, 3.63) is 83.9 Å². The maximum atomic E-state index is 13.1. The van der Waals surface area contributed by atoms with Crippen molar-refractivity contribution < 1.29 is 14.2 Å². The summed E-state index contributed by atoms with van der Waals surface area (Å²) in [7, 11) is 1.64. The number of benzene rings is 3. The highest BCUT2D eigenvalue weighted by molar-refractivity contribution is 5.92. The number of halogens is 1. The molecule has 4 aromatic rings. The molecule has 8 heteroatoms. The van der Waals surface area contributed by atoms with Gasteiger partial charge >= 0.3 is 0 Å². The standard InChI is InChI=1S/C28H30FN5O2/c1-36-26-16-25-24(14-20(26)15-27(35)34-12-2-3-13-34)28(32-18-31-25)33-23-10-8-22(9-11-23)30-17-19-4-6-21(29)7-5-19/h4-11,14,16,18,27,30,35H,2-3,12-13,15,17H2,1H3,(H,31,32,33). The van der Waals surface area contributed by atoms with Crippen LogP contribution in [0.25, 0.3) is 10.9 Å². The van der Waals surface area contributed by atoms with Gasteiger partial charge in [0.2, 0.25) is 0 Å². The summed E-state index contributed by atoms with van der Waals surface area (Å²) in [4.78, 5) is 11.0. The Kier molecular flexibility index (Phi) is 7.25. The molecule has 2 heterocycles. The minimum absolute atomic E-state index is 0.236. The molecule has 1 atom stereocenters. The molecule has 1 saturated heterocycles. The van der Waals surface area contributed by atoms with E-state index in [4.69, 9.17) is 4.74 Å². The Balaban J connectivity index is 1.32. The Hall–Kier alpha value is -3.75. The van der Waals surface area contributed by atoms with Gasteiger partial charge in [0.1, 0.15) is 29.9 Å². The lowest BCUT2D eigenvalue weighted by atomic mass is 10.1. The first-order valence-corrected chi connectivity index (χ1v) is 12.2. The zero-order valence-corrected chi connectivity index (χ0v) is 20.2. The van der Waals surface area contributed by atoms with Crippen LogP contribution < -0.4 is 15.4 Å². The van der Waals surface area contributed by atoms with E-state index in [9.17, 15) is 9.50 Å². The van der Waals surface area contributed by atoms with Crippen molar-refractivity contribution >= 4 is 28.1 Å². The maximum absolute atomic E-state index is 13.1. The number of hydrogen-bond donors (Lipinski definition) is 3. The summed E-state index contributed by atoms with van der Waals surface area (Å²) in [5.74, 6) is 1.16. The zero-order chi connectivity index (χ0) is 24.9. The van der Waals surface area contributed by atoms with Crippen molar-refractivity contribution in [2.45, 2.75) is 32.0 Å². The lowest BCUT2D eigenvalue weighted by Gasteiger charge is -2.23. The molecule has 1 aliphatic heterocycles. The molecule has 1 aromatic heterocycles. The smallest absolute Gasteiger partial charge is 0.141 e. The average Bonchev–Trinajstić information content (AvgIpc) is 3.45. The molecule has 0 bridgehead atoms. The van der Waals surface area contributed by atoms with Crippen molar-refractivity contribution in [2.24, 2.45) is 0 Å². The van der Waals surface area contributed by atoms with E-state index < -0.39 is 6.23 Å². The van der Waals surface area contributed by atoms with Crippen LogP contribution in [0, 0.1) is 5.82 Å². The number of likely N-dealkylation sites (tertiary alicyclic amines) is 1. The topological polar surface area (TPSA) is 82.5 Å². The molecule has 0 spiro atoms. The maximum Gasteiger partial charge on any atom is 0.141 e. The second kappa shape index (κ2) is 10.9. The van der Waals surface area contributed by atoms with Crippen molar-refractivity contribution in [1.29, 1.82) is 0 Å². The number of nitrogens with one attached hydrogen (secondary N) is 2. The van der Waals surface area contributed by atoms with Crippen LogP contribution in [-0.2, 0) is 13.0 Å². The van der Waals surface area contributed by atoms with Gasteiger partial charge in [-0.25, -0.2) is 14.4 Å². The van der Waals surface area contributed by atoms with Crippen molar-refractivity contribution in [3.63, 3.8) is 0 Å². The first kappa shape index (κ1) is 24.0. The average molecular weight is 488 g/mol. The van der Waals surface area contributed by atoms with Gasteiger partial charge < -0.3 is 20.5 Å². The fourth-order valence-corrected chi connectivity index (χ4v) is 4.56. The fraction of sp³-hybridized carbons (Fsp3) is 0.286. The molecule has 7 nitrogen and oxygen atoms in total. The third kappa shape index (κ3) is 5.56. The van der Waals surface area contributed by atoms with Crippen LogP contribution in [0.15, 0.2) is 67.0 Å². The Bertz CT molecular complexity index is 1310. The van der Waals surface area contributed by atoms with Crippen LogP contribution >= 0.6 is 0 Å². The summed E-state index contributed by atoms with van der Waals surface area (Å²) in [6, 6.07) is 18.3. The molecule has 3 N–H and O–H groups in total. The number of hydrogen-bond acceptors (Lipinski definition) is 7. The van der Waals surface area contributed by atoms with Gasteiger partial charge in [-0.2, -0.15) is 0 Å². The molecule has 0 amide bonds. The van der Waals surface area contributed by atoms with Crippen LogP contribution in [-0.4, -0.2) is 46.4 Å². The van der Waals surface area contributed by atoms with Crippen LogP contribution in [0.4, 0.5) is 21.6 Å². The summed E-state index contributed by atoms with van der Waals surface area (Å²) < 4.78 is 18.7. The summed E-state index contributed by atoms with van der Waals surface area (Å²) in [5.41, 5.74) is 4.54. The molecule has 186 valence electrons. The molecule has 1 unspecified atom stereocenters. The second-order valence-electron chi connectivity index (χ2n) is 9.01. The highest BCUT2D eigenvalue weighted by Crippen LogP contribution is 2.31. The number of aliphatic hydroxyl groups is 1. The van der Waals surface area contributed by atoms with Crippen LogP contribution in [0.3, 0.4) is 0 Å². The third-order valence-electron chi connectivity index (χ3n) is 6.56. The normalized spacial score (nSPS) is 14.6.